The second kappa shape index (κ2) is 5.59. The third kappa shape index (κ3) is 2.89. The number of likely N-dealkylation sites (tertiary alicyclic amines) is 1. The van der Waals surface area contributed by atoms with Crippen LogP contribution in [0.15, 0.2) is 0 Å². The molecule has 0 N–H and O–H groups in total. The van der Waals surface area contributed by atoms with Crippen LogP contribution in [0.1, 0.15) is 19.3 Å². The summed E-state index contributed by atoms with van der Waals surface area (Å²) >= 11 is 0. The van der Waals surface area contributed by atoms with Crippen molar-refractivity contribution in [2.24, 2.45) is 0 Å². The molecule has 20 heavy (non-hydrogen) atoms. The average molecular weight is 304 g/mol. The number of methoxy groups -OCH3 is 1. The van der Waals surface area contributed by atoms with E-state index in [4.69, 9.17) is 0 Å². The molecule has 0 spiro atoms. The number of ether oxygens (including phenoxy) is 1. The minimum absolute atomic E-state index is 0.0141. The molecular formula is C12H20N2O5S. The van der Waals surface area contributed by atoms with Crippen molar-refractivity contribution in [2.45, 2.75) is 31.3 Å². The number of hydrogen-bond donors (Lipinski definition) is 0. The maximum Gasteiger partial charge on any atom is 0.410 e. The molecule has 7 nitrogen and oxygen atoms in total. The SMILES string of the molecule is COC(=O)N1CCCC1C(=O)N(C)C1CCS(=O)(=O)C1. The Morgan fingerprint density at radius 3 is 2.55 bits per heavy atom. The molecule has 0 aliphatic carbocycles. The third-order valence-electron chi connectivity index (χ3n) is 4.05. The lowest BCUT2D eigenvalue weighted by molar-refractivity contribution is -0.135. The summed E-state index contributed by atoms with van der Waals surface area (Å²) in [7, 11) is -0.131. The van der Waals surface area contributed by atoms with Gasteiger partial charge in [0.25, 0.3) is 0 Å². The van der Waals surface area contributed by atoms with Crippen molar-refractivity contribution in [1.82, 2.24) is 9.80 Å². The molecule has 8 heteroatoms. The number of carbonyl (C=O) groups is 2. The van der Waals surface area contributed by atoms with Crippen molar-refractivity contribution in [3.63, 3.8) is 0 Å². The largest absolute Gasteiger partial charge is 0.453 e. The molecule has 0 aromatic heterocycles. The number of carbonyl (C=O) groups excluding carboxylic acids is 2. The highest BCUT2D eigenvalue weighted by atomic mass is 32.2. The van der Waals surface area contributed by atoms with Gasteiger partial charge in [-0.15, -0.1) is 0 Å². The van der Waals surface area contributed by atoms with E-state index in [9.17, 15) is 18.0 Å². The smallest absolute Gasteiger partial charge is 0.410 e. The number of rotatable bonds is 2. The predicted octanol–water partition coefficient (Wildman–Crippen LogP) is -0.137. The van der Waals surface area contributed by atoms with Gasteiger partial charge in [0.1, 0.15) is 6.04 Å². The fourth-order valence-corrected chi connectivity index (χ4v) is 4.63. The summed E-state index contributed by atoms with van der Waals surface area (Å²) in [6.07, 6.45) is 1.31. The van der Waals surface area contributed by atoms with Crippen LogP contribution in [0.25, 0.3) is 0 Å². The number of amides is 2. The fourth-order valence-electron chi connectivity index (χ4n) is 2.86. The summed E-state index contributed by atoms with van der Waals surface area (Å²) < 4.78 is 27.6. The van der Waals surface area contributed by atoms with E-state index in [-0.39, 0.29) is 23.5 Å². The van der Waals surface area contributed by atoms with Gasteiger partial charge in [-0.3, -0.25) is 9.69 Å². The summed E-state index contributed by atoms with van der Waals surface area (Å²) in [5, 5.41) is 0. The van der Waals surface area contributed by atoms with Gasteiger partial charge < -0.3 is 9.64 Å². The van der Waals surface area contributed by atoms with E-state index in [1.54, 1.807) is 7.05 Å². The highest BCUT2D eigenvalue weighted by molar-refractivity contribution is 7.91. The van der Waals surface area contributed by atoms with E-state index >= 15 is 0 Å². The van der Waals surface area contributed by atoms with E-state index in [0.29, 0.717) is 19.4 Å². The Hall–Kier alpha value is -1.31. The van der Waals surface area contributed by atoms with Crippen molar-refractivity contribution in [1.29, 1.82) is 0 Å². The molecular weight excluding hydrogens is 284 g/mol. The Morgan fingerprint density at radius 2 is 2.00 bits per heavy atom. The molecule has 114 valence electrons. The maximum absolute atomic E-state index is 12.5. The quantitative estimate of drug-likeness (QED) is 0.709. The molecule has 2 atom stereocenters. The topological polar surface area (TPSA) is 84.0 Å². The van der Waals surface area contributed by atoms with E-state index in [0.717, 1.165) is 6.42 Å². The highest BCUT2D eigenvalue weighted by Crippen LogP contribution is 2.23. The van der Waals surface area contributed by atoms with Gasteiger partial charge in [-0.1, -0.05) is 0 Å². The van der Waals surface area contributed by atoms with Crippen molar-refractivity contribution >= 4 is 21.8 Å². The van der Waals surface area contributed by atoms with Crippen LogP contribution in [-0.2, 0) is 19.4 Å². The van der Waals surface area contributed by atoms with Gasteiger partial charge in [0, 0.05) is 19.6 Å². The zero-order valence-electron chi connectivity index (χ0n) is 11.7. The van der Waals surface area contributed by atoms with Crippen LogP contribution in [0.2, 0.25) is 0 Å². The molecule has 0 saturated carbocycles. The van der Waals surface area contributed by atoms with Crippen LogP contribution in [-0.4, -0.2) is 74.5 Å². The second-order valence-electron chi connectivity index (χ2n) is 5.33. The predicted molar refractivity (Wildman–Crippen MR) is 72.0 cm³/mol. The first-order valence-corrected chi connectivity index (χ1v) is 8.49. The van der Waals surface area contributed by atoms with Crippen LogP contribution < -0.4 is 0 Å². The van der Waals surface area contributed by atoms with Gasteiger partial charge in [-0.2, -0.15) is 0 Å². The summed E-state index contributed by atoms with van der Waals surface area (Å²) in [4.78, 5) is 27.0. The monoisotopic (exact) mass is 304 g/mol. The van der Waals surface area contributed by atoms with E-state index in [2.05, 4.69) is 4.74 Å². The number of hydrogen-bond acceptors (Lipinski definition) is 5. The van der Waals surface area contributed by atoms with Crippen LogP contribution in [0.5, 0.6) is 0 Å². The molecule has 2 rings (SSSR count). The highest BCUT2D eigenvalue weighted by Gasteiger charge is 2.40. The average Bonchev–Trinajstić information content (AvgIpc) is 3.02. The first kappa shape index (κ1) is 15.1. The molecule has 2 fully saturated rings. The van der Waals surface area contributed by atoms with Crippen molar-refractivity contribution in [2.75, 3.05) is 32.2 Å². The molecule has 2 aliphatic rings. The third-order valence-corrected chi connectivity index (χ3v) is 5.80. The normalized spacial score (nSPS) is 28.4. The summed E-state index contributed by atoms with van der Waals surface area (Å²) in [5.41, 5.74) is 0. The Bertz CT molecular complexity index is 504. The van der Waals surface area contributed by atoms with E-state index in [1.807, 2.05) is 0 Å². The Morgan fingerprint density at radius 1 is 1.30 bits per heavy atom. The van der Waals surface area contributed by atoms with Gasteiger partial charge in [0.15, 0.2) is 9.84 Å². The maximum atomic E-state index is 12.5. The van der Waals surface area contributed by atoms with Gasteiger partial charge in [-0.25, -0.2) is 13.2 Å². The van der Waals surface area contributed by atoms with Crippen LogP contribution >= 0.6 is 0 Å². The molecule has 0 radical (unpaired) electrons. The Kier molecular flexibility index (Phi) is 4.22. The first-order valence-electron chi connectivity index (χ1n) is 6.67. The number of likely N-dealkylation sites (N-methyl/N-ethyl adjacent to an activating group) is 1. The lowest BCUT2D eigenvalue weighted by atomic mass is 10.1. The minimum Gasteiger partial charge on any atom is -0.453 e. The molecule has 2 heterocycles. The van der Waals surface area contributed by atoms with Gasteiger partial charge >= 0.3 is 6.09 Å². The number of sulfone groups is 1. The van der Waals surface area contributed by atoms with E-state index in [1.165, 1.54) is 16.9 Å². The number of nitrogens with zero attached hydrogens (tertiary/aromatic N) is 2. The molecule has 2 saturated heterocycles. The summed E-state index contributed by atoms with van der Waals surface area (Å²) in [6.45, 7) is 0.500. The first-order chi connectivity index (χ1) is 9.35. The van der Waals surface area contributed by atoms with Crippen molar-refractivity contribution in [3.8, 4) is 0 Å². The van der Waals surface area contributed by atoms with Gasteiger partial charge in [0.05, 0.1) is 18.6 Å². The minimum atomic E-state index is -3.03. The molecule has 0 aromatic carbocycles. The Balaban J connectivity index is 2.05. The zero-order valence-corrected chi connectivity index (χ0v) is 12.6. The lowest BCUT2D eigenvalue weighted by Crippen LogP contribution is -2.49. The molecule has 2 unspecified atom stereocenters. The second-order valence-corrected chi connectivity index (χ2v) is 7.56. The van der Waals surface area contributed by atoms with E-state index < -0.39 is 22.0 Å². The Labute approximate surface area is 118 Å². The molecule has 0 aromatic rings. The zero-order chi connectivity index (χ0) is 14.9. The van der Waals surface area contributed by atoms with Crippen LogP contribution in [0, 0.1) is 0 Å². The summed E-state index contributed by atoms with van der Waals surface area (Å²) in [6, 6.07) is -0.816. The standard InChI is InChI=1S/C12H20N2O5S/c1-13(9-5-7-20(17,18)8-9)11(15)10-4-3-6-14(10)12(16)19-2/h9-10H,3-8H2,1-2H3. The van der Waals surface area contributed by atoms with Gasteiger partial charge in [-0.05, 0) is 19.3 Å². The fraction of sp³-hybridized carbons (Fsp3) is 0.833. The lowest BCUT2D eigenvalue weighted by Gasteiger charge is -2.30. The molecule has 2 aliphatic heterocycles. The van der Waals surface area contributed by atoms with Gasteiger partial charge in [0.2, 0.25) is 5.91 Å². The van der Waals surface area contributed by atoms with Crippen molar-refractivity contribution < 1.29 is 22.7 Å². The molecule has 0 bridgehead atoms. The van der Waals surface area contributed by atoms with Crippen LogP contribution in [0.4, 0.5) is 4.79 Å². The summed E-state index contributed by atoms with van der Waals surface area (Å²) in [5.74, 6) is -0.0593. The van der Waals surface area contributed by atoms with Crippen molar-refractivity contribution in [3.05, 3.63) is 0 Å². The van der Waals surface area contributed by atoms with Crippen LogP contribution in [0.3, 0.4) is 0 Å². The molecule has 2 amide bonds.